The van der Waals surface area contributed by atoms with Crippen molar-refractivity contribution in [3.05, 3.63) is 35.4 Å². The van der Waals surface area contributed by atoms with Gasteiger partial charge < -0.3 is 15.2 Å². The van der Waals surface area contributed by atoms with Crippen LogP contribution in [-0.2, 0) is 20.7 Å². The van der Waals surface area contributed by atoms with Crippen LogP contribution in [0.5, 0.6) is 0 Å². The lowest BCUT2D eigenvalue weighted by atomic mass is 10.0. The molecule has 1 rings (SSSR count). The molecule has 0 fully saturated rings. The maximum atomic E-state index is 11.5. The van der Waals surface area contributed by atoms with Crippen LogP contribution in [-0.4, -0.2) is 36.7 Å². The van der Waals surface area contributed by atoms with Crippen molar-refractivity contribution in [3.8, 4) is 6.07 Å². The Bertz CT molecular complexity index is 490. The molecule has 0 unspecified atom stereocenters. The number of nitrogens with one attached hydrogen (secondary N) is 1. The van der Waals surface area contributed by atoms with E-state index < -0.39 is 24.5 Å². The number of carbonyl (C=O) groups excluding carboxylic acids is 2. The fourth-order valence-electron chi connectivity index (χ4n) is 1.53. The lowest BCUT2D eigenvalue weighted by Gasteiger charge is -2.15. The molecule has 0 spiro atoms. The van der Waals surface area contributed by atoms with Gasteiger partial charge >= 0.3 is 5.97 Å². The molecule has 6 heteroatoms. The minimum Gasteiger partial charge on any atom is -0.467 e. The predicted octanol–water partition coefficient (Wildman–Crippen LogP) is -0.249. The minimum atomic E-state index is -0.863. The average molecular weight is 262 g/mol. The number of amides is 1. The Morgan fingerprint density at radius 2 is 2.05 bits per heavy atom. The third-order valence-corrected chi connectivity index (χ3v) is 2.49. The van der Waals surface area contributed by atoms with E-state index in [9.17, 15) is 9.59 Å². The quantitative estimate of drug-likeness (QED) is 0.713. The number of ether oxygens (including phenoxy) is 1. The molecule has 0 heterocycles. The monoisotopic (exact) mass is 262 g/mol. The zero-order valence-corrected chi connectivity index (χ0v) is 10.4. The van der Waals surface area contributed by atoms with Crippen molar-refractivity contribution in [2.24, 2.45) is 0 Å². The first-order valence-electron chi connectivity index (χ1n) is 5.57. The van der Waals surface area contributed by atoms with Crippen LogP contribution >= 0.6 is 0 Å². The predicted molar refractivity (Wildman–Crippen MR) is 65.9 cm³/mol. The summed E-state index contributed by atoms with van der Waals surface area (Å²) in [6, 6.07) is 7.76. The SMILES string of the molecule is COC(=O)[C@H](Cc1ccc(C#N)cc1)NC(=O)CO. The Hall–Kier alpha value is -2.39. The number of nitrogens with zero attached hydrogens (tertiary/aromatic N) is 1. The summed E-state index contributed by atoms with van der Waals surface area (Å²) in [5, 5.41) is 19.7. The maximum Gasteiger partial charge on any atom is 0.328 e. The number of aliphatic hydroxyl groups excluding tert-OH is 1. The summed E-state index contributed by atoms with van der Waals surface area (Å²) < 4.78 is 4.59. The van der Waals surface area contributed by atoms with Gasteiger partial charge in [0.25, 0.3) is 0 Å². The van der Waals surface area contributed by atoms with E-state index in [0.29, 0.717) is 5.56 Å². The summed E-state index contributed by atoms with van der Waals surface area (Å²) in [4.78, 5) is 22.6. The van der Waals surface area contributed by atoms with Gasteiger partial charge in [0.05, 0.1) is 18.7 Å². The van der Waals surface area contributed by atoms with Gasteiger partial charge in [-0.3, -0.25) is 4.79 Å². The number of methoxy groups -OCH3 is 1. The number of hydrogen-bond donors (Lipinski definition) is 2. The summed E-state index contributed by atoms with van der Waals surface area (Å²) in [6.07, 6.45) is 0.226. The molecule has 0 bridgehead atoms. The molecular formula is C13H14N2O4. The normalized spacial score (nSPS) is 11.2. The zero-order chi connectivity index (χ0) is 14.3. The lowest BCUT2D eigenvalue weighted by molar-refractivity contribution is -0.145. The van der Waals surface area contributed by atoms with Crippen LogP contribution in [0.15, 0.2) is 24.3 Å². The molecule has 100 valence electrons. The molecule has 19 heavy (non-hydrogen) atoms. The van der Waals surface area contributed by atoms with Crippen LogP contribution in [0.1, 0.15) is 11.1 Å². The van der Waals surface area contributed by atoms with E-state index in [2.05, 4.69) is 10.1 Å². The highest BCUT2D eigenvalue weighted by atomic mass is 16.5. The molecule has 6 nitrogen and oxygen atoms in total. The summed E-state index contributed by atoms with van der Waals surface area (Å²) in [5.74, 6) is -1.24. The van der Waals surface area contributed by atoms with Crippen LogP contribution in [0.4, 0.5) is 0 Å². The van der Waals surface area contributed by atoms with E-state index in [-0.39, 0.29) is 6.42 Å². The third-order valence-electron chi connectivity index (χ3n) is 2.49. The second-order valence-corrected chi connectivity index (χ2v) is 3.81. The molecule has 0 aliphatic heterocycles. The van der Waals surface area contributed by atoms with Gasteiger partial charge in [0.15, 0.2) is 0 Å². The Balaban J connectivity index is 2.78. The standard InChI is InChI=1S/C13H14N2O4/c1-19-13(18)11(15-12(17)8-16)6-9-2-4-10(7-14)5-3-9/h2-5,11,16H,6,8H2,1H3,(H,15,17)/t11-/m0/s1. The molecule has 2 N–H and O–H groups in total. The third kappa shape index (κ3) is 4.41. The van der Waals surface area contributed by atoms with Crippen molar-refractivity contribution in [1.82, 2.24) is 5.32 Å². The molecule has 0 saturated heterocycles. The van der Waals surface area contributed by atoms with E-state index in [4.69, 9.17) is 10.4 Å². The molecule has 0 saturated carbocycles. The summed E-state index contributed by atoms with van der Waals surface area (Å²) in [6.45, 7) is -0.694. The highest BCUT2D eigenvalue weighted by Gasteiger charge is 2.21. The highest BCUT2D eigenvalue weighted by Crippen LogP contribution is 2.07. The number of rotatable bonds is 5. The Morgan fingerprint density at radius 1 is 1.42 bits per heavy atom. The van der Waals surface area contributed by atoms with E-state index in [1.807, 2.05) is 6.07 Å². The summed E-state index contributed by atoms with van der Waals surface area (Å²) >= 11 is 0. The number of hydrogen-bond acceptors (Lipinski definition) is 5. The number of esters is 1. The summed E-state index contributed by atoms with van der Waals surface area (Å²) in [5.41, 5.74) is 1.28. The van der Waals surface area contributed by atoms with Gasteiger partial charge in [-0.05, 0) is 17.7 Å². The molecule has 0 aliphatic rings. The van der Waals surface area contributed by atoms with Gasteiger partial charge in [0.1, 0.15) is 12.6 Å². The number of carbonyl (C=O) groups is 2. The molecule has 1 atom stereocenters. The van der Waals surface area contributed by atoms with Crippen molar-refractivity contribution < 1.29 is 19.4 Å². The van der Waals surface area contributed by atoms with Gasteiger partial charge in [-0.2, -0.15) is 5.26 Å². The first kappa shape index (κ1) is 14.7. The van der Waals surface area contributed by atoms with Crippen molar-refractivity contribution in [3.63, 3.8) is 0 Å². The van der Waals surface area contributed by atoms with Crippen LogP contribution in [0.25, 0.3) is 0 Å². The van der Waals surface area contributed by atoms with Gasteiger partial charge in [0.2, 0.25) is 5.91 Å². The Labute approximate surface area is 110 Å². The van der Waals surface area contributed by atoms with Gasteiger partial charge in [-0.15, -0.1) is 0 Å². The first-order valence-corrected chi connectivity index (χ1v) is 5.57. The molecule has 1 aromatic carbocycles. The second kappa shape index (κ2) is 7.13. The fraction of sp³-hybridized carbons (Fsp3) is 0.308. The van der Waals surface area contributed by atoms with E-state index >= 15 is 0 Å². The zero-order valence-electron chi connectivity index (χ0n) is 10.4. The van der Waals surface area contributed by atoms with Crippen LogP contribution in [0, 0.1) is 11.3 Å². The van der Waals surface area contributed by atoms with Gasteiger partial charge in [-0.25, -0.2) is 4.79 Å². The number of nitriles is 1. The molecule has 1 aromatic rings. The van der Waals surface area contributed by atoms with Gasteiger partial charge in [-0.1, -0.05) is 12.1 Å². The van der Waals surface area contributed by atoms with Crippen LogP contribution < -0.4 is 5.32 Å². The largest absolute Gasteiger partial charge is 0.467 e. The average Bonchev–Trinajstić information content (AvgIpc) is 2.46. The first-order chi connectivity index (χ1) is 9.10. The molecule has 1 amide bonds. The number of aliphatic hydroxyl groups is 1. The second-order valence-electron chi connectivity index (χ2n) is 3.81. The smallest absolute Gasteiger partial charge is 0.328 e. The van der Waals surface area contributed by atoms with Gasteiger partial charge in [0, 0.05) is 6.42 Å². The molecule has 0 aromatic heterocycles. The van der Waals surface area contributed by atoms with E-state index in [1.165, 1.54) is 7.11 Å². The van der Waals surface area contributed by atoms with Crippen molar-refractivity contribution in [2.75, 3.05) is 13.7 Å². The Kier molecular flexibility index (Phi) is 5.51. The van der Waals surface area contributed by atoms with Crippen molar-refractivity contribution in [1.29, 1.82) is 5.26 Å². The summed E-state index contributed by atoms with van der Waals surface area (Å²) in [7, 11) is 1.22. The topological polar surface area (TPSA) is 99.4 Å². The van der Waals surface area contributed by atoms with E-state index in [1.54, 1.807) is 24.3 Å². The molecule has 0 aliphatic carbocycles. The molecule has 0 radical (unpaired) electrons. The fourth-order valence-corrected chi connectivity index (χ4v) is 1.53. The van der Waals surface area contributed by atoms with Crippen molar-refractivity contribution >= 4 is 11.9 Å². The Morgan fingerprint density at radius 3 is 2.53 bits per heavy atom. The maximum absolute atomic E-state index is 11.5. The lowest BCUT2D eigenvalue weighted by Crippen LogP contribution is -2.44. The number of benzene rings is 1. The molecular weight excluding hydrogens is 248 g/mol. The minimum absolute atomic E-state index is 0.226. The van der Waals surface area contributed by atoms with Crippen LogP contribution in [0.3, 0.4) is 0 Å². The highest BCUT2D eigenvalue weighted by molar-refractivity contribution is 5.85. The van der Waals surface area contributed by atoms with Crippen molar-refractivity contribution in [2.45, 2.75) is 12.5 Å². The van der Waals surface area contributed by atoms with Crippen LogP contribution in [0.2, 0.25) is 0 Å². The van der Waals surface area contributed by atoms with E-state index in [0.717, 1.165) is 5.56 Å².